The van der Waals surface area contributed by atoms with Crippen LogP contribution in [-0.2, 0) is 20.6 Å². The lowest BCUT2D eigenvalue weighted by atomic mass is 10.4. The van der Waals surface area contributed by atoms with Gasteiger partial charge in [-0.2, -0.15) is 0 Å². The molecule has 0 aliphatic rings. The van der Waals surface area contributed by atoms with Crippen molar-refractivity contribution >= 4 is 43.0 Å². The van der Waals surface area contributed by atoms with Crippen LogP contribution in [-0.4, -0.2) is 23.5 Å². The first-order valence-electron chi connectivity index (χ1n) is 5.30. The summed E-state index contributed by atoms with van der Waals surface area (Å²) in [4.78, 5) is 28.4. The number of imidazole rings is 1. The Labute approximate surface area is 119 Å². The quantitative estimate of drug-likeness (QED) is 0.577. The molecule has 0 spiro atoms. The minimum absolute atomic E-state index is 0.188. The monoisotopic (exact) mass is 378 g/mol. The molecule has 0 unspecified atom stereocenters. The van der Waals surface area contributed by atoms with Gasteiger partial charge in [-0.15, -0.1) is 0 Å². The van der Waals surface area contributed by atoms with Gasteiger partial charge in [0, 0.05) is 25.5 Å². The van der Waals surface area contributed by atoms with Gasteiger partial charge in [-0.05, 0) is 15.9 Å². The second kappa shape index (κ2) is 4.65. The summed E-state index contributed by atoms with van der Waals surface area (Å²) < 4.78 is 4.77. The molecule has 2 aromatic rings. The molecular formula is C10H12Br2N4O2. The second-order valence-electron chi connectivity index (χ2n) is 4.15. The average molecular weight is 380 g/mol. The summed E-state index contributed by atoms with van der Waals surface area (Å²) in [7, 11) is 3.07. The van der Waals surface area contributed by atoms with Gasteiger partial charge in [0.25, 0.3) is 5.56 Å². The van der Waals surface area contributed by atoms with E-state index in [2.05, 4.69) is 36.8 Å². The highest BCUT2D eigenvalue weighted by Gasteiger charge is 2.18. The van der Waals surface area contributed by atoms with Crippen LogP contribution in [0, 0.1) is 0 Å². The third kappa shape index (κ3) is 1.97. The van der Waals surface area contributed by atoms with Gasteiger partial charge in [0.2, 0.25) is 0 Å². The van der Waals surface area contributed by atoms with Crippen LogP contribution in [0.4, 0.5) is 0 Å². The van der Waals surface area contributed by atoms with E-state index in [0.29, 0.717) is 22.4 Å². The van der Waals surface area contributed by atoms with Crippen molar-refractivity contribution in [3.05, 3.63) is 25.6 Å². The lowest BCUT2D eigenvalue weighted by molar-refractivity contribution is 0.680. The number of halogens is 2. The lowest BCUT2D eigenvalue weighted by Gasteiger charge is -2.08. The molecule has 0 fully saturated rings. The Morgan fingerprint density at radius 1 is 1.28 bits per heavy atom. The Morgan fingerprint density at radius 2 is 1.89 bits per heavy atom. The summed E-state index contributed by atoms with van der Waals surface area (Å²) in [6.45, 7) is 2.56. The molecule has 0 radical (unpaired) electrons. The topological polar surface area (TPSA) is 61.8 Å². The number of hydrogen-bond donors (Lipinski definition) is 0. The van der Waals surface area contributed by atoms with Crippen LogP contribution in [0.15, 0.2) is 14.3 Å². The van der Waals surface area contributed by atoms with Crippen molar-refractivity contribution in [2.24, 2.45) is 14.1 Å². The molecule has 0 amide bonds. The van der Waals surface area contributed by atoms with Gasteiger partial charge in [-0.1, -0.05) is 22.9 Å². The Balaban J connectivity index is 2.95. The summed E-state index contributed by atoms with van der Waals surface area (Å²) in [6.07, 6.45) is 0. The largest absolute Gasteiger partial charge is 0.332 e. The molecule has 8 heteroatoms. The number of hydrogen-bond acceptors (Lipinski definition) is 3. The number of aromatic nitrogens is 4. The Hall–Kier alpha value is -0.890. The van der Waals surface area contributed by atoms with Gasteiger partial charge < -0.3 is 4.57 Å². The molecule has 0 aliphatic carbocycles. The van der Waals surface area contributed by atoms with E-state index in [1.807, 2.05) is 6.92 Å². The van der Waals surface area contributed by atoms with Crippen molar-refractivity contribution in [2.45, 2.75) is 18.3 Å². The zero-order valence-corrected chi connectivity index (χ0v) is 13.3. The number of nitrogens with zero attached hydrogens (tertiary/aromatic N) is 4. The first-order valence-corrected chi connectivity index (χ1v) is 7.01. The molecule has 2 aromatic heterocycles. The highest BCUT2D eigenvalue weighted by atomic mass is 79.9. The zero-order valence-electron chi connectivity index (χ0n) is 10.1. The van der Waals surface area contributed by atoms with Crippen molar-refractivity contribution in [2.75, 3.05) is 0 Å². The van der Waals surface area contributed by atoms with E-state index in [0.717, 1.165) is 4.57 Å². The van der Waals surface area contributed by atoms with E-state index in [1.54, 1.807) is 11.6 Å². The highest BCUT2D eigenvalue weighted by molar-refractivity contribution is 9.10. The summed E-state index contributed by atoms with van der Waals surface area (Å²) in [5, 5.41) is 0. The van der Waals surface area contributed by atoms with Gasteiger partial charge in [0.15, 0.2) is 15.9 Å². The van der Waals surface area contributed by atoms with Crippen LogP contribution in [0.25, 0.3) is 11.2 Å². The first kappa shape index (κ1) is 13.5. The molecule has 0 saturated heterocycles. The van der Waals surface area contributed by atoms with Crippen molar-refractivity contribution in [1.82, 2.24) is 18.7 Å². The lowest BCUT2D eigenvalue weighted by Crippen LogP contribution is -2.37. The minimum atomic E-state index is -0.378. The molecule has 0 saturated carbocycles. The maximum absolute atomic E-state index is 12.2. The smallest absolute Gasteiger partial charge is 0.312 e. The predicted octanol–water partition coefficient (Wildman–Crippen LogP) is 0.980. The molecule has 0 aromatic carbocycles. The van der Waals surface area contributed by atoms with Crippen molar-refractivity contribution in [3.8, 4) is 0 Å². The SMILES string of the molecule is C[C@H](Br)Cn1c(Br)nc2c1c(=O)n(C)c(=O)n2C. The van der Waals surface area contributed by atoms with E-state index >= 15 is 0 Å². The Kier molecular flexibility index (Phi) is 3.50. The Morgan fingerprint density at radius 3 is 2.44 bits per heavy atom. The fourth-order valence-corrected chi connectivity index (χ4v) is 2.62. The molecule has 18 heavy (non-hydrogen) atoms. The maximum Gasteiger partial charge on any atom is 0.332 e. The van der Waals surface area contributed by atoms with Crippen molar-refractivity contribution in [3.63, 3.8) is 0 Å². The van der Waals surface area contributed by atoms with Crippen molar-refractivity contribution < 1.29 is 0 Å². The molecule has 1 atom stereocenters. The number of aryl methyl sites for hydroxylation is 1. The highest BCUT2D eigenvalue weighted by Crippen LogP contribution is 2.18. The van der Waals surface area contributed by atoms with Gasteiger partial charge in [0.1, 0.15) is 0 Å². The number of alkyl halides is 1. The van der Waals surface area contributed by atoms with Crippen LogP contribution < -0.4 is 11.2 Å². The molecule has 2 rings (SSSR count). The van der Waals surface area contributed by atoms with E-state index in [9.17, 15) is 9.59 Å². The van der Waals surface area contributed by atoms with Gasteiger partial charge >= 0.3 is 5.69 Å². The van der Waals surface area contributed by atoms with Gasteiger partial charge in [0.05, 0.1) is 0 Å². The predicted molar refractivity (Wildman–Crippen MR) is 76.3 cm³/mol. The molecule has 2 heterocycles. The summed E-state index contributed by atoms with van der Waals surface area (Å²) in [6, 6.07) is 0. The molecule has 6 nitrogen and oxygen atoms in total. The van der Waals surface area contributed by atoms with E-state index < -0.39 is 0 Å². The fourth-order valence-electron chi connectivity index (χ4n) is 1.84. The van der Waals surface area contributed by atoms with Crippen LogP contribution in [0.2, 0.25) is 0 Å². The summed E-state index contributed by atoms with van der Waals surface area (Å²) >= 11 is 6.77. The number of fused-ring (bicyclic) bond motifs is 1. The average Bonchev–Trinajstić information content (AvgIpc) is 2.61. The molecule has 0 aliphatic heterocycles. The number of rotatable bonds is 2. The van der Waals surface area contributed by atoms with E-state index in [1.165, 1.54) is 11.6 Å². The third-order valence-electron chi connectivity index (χ3n) is 2.74. The van der Waals surface area contributed by atoms with Gasteiger partial charge in [-0.25, -0.2) is 9.78 Å². The first-order chi connectivity index (χ1) is 8.34. The summed E-state index contributed by atoms with van der Waals surface area (Å²) in [5.41, 5.74) is 0.108. The van der Waals surface area contributed by atoms with Crippen LogP contribution in [0.3, 0.4) is 0 Å². The standard InChI is InChI=1S/C10H12Br2N4O2/c1-5(11)4-16-6-7(13-9(16)12)14(2)10(18)15(3)8(6)17/h5H,4H2,1-3H3/t5-/m0/s1. The zero-order chi connectivity index (χ0) is 13.6. The second-order valence-corrected chi connectivity index (χ2v) is 6.42. The van der Waals surface area contributed by atoms with E-state index in [-0.39, 0.29) is 16.1 Å². The minimum Gasteiger partial charge on any atom is -0.312 e. The van der Waals surface area contributed by atoms with Crippen LogP contribution in [0.5, 0.6) is 0 Å². The van der Waals surface area contributed by atoms with Crippen molar-refractivity contribution in [1.29, 1.82) is 0 Å². The molecule has 0 bridgehead atoms. The summed E-state index contributed by atoms with van der Waals surface area (Å²) in [5.74, 6) is 0. The third-order valence-corrected chi connectivity index (χ3v) is 3.63. The van der Waals surface area contributed by atoms with Crippen LogP contribution in [0.1, 0.15) is 6.92 Å². The Bertz CT molecular complexity index is 726. The maximum atomic E-state index is 12.2. The molecular weight excluding hydrogens is 368 g/mol. The normalized spacial score (nSPS) is 13.2. The molecule has 0 N–H and O–H groups in total. The fraction of sp³-hybridized carbons (Fsp3) is 0.500. The van der Waals surface area contributed by atoms with E-state index in [4.69, 9.17) is 0 Å². The molecule has 98 valence electrons. The van der Waals surface area contributed by atoms with Gasteiger partial charge in [-0.3, -0.25) is 13.9 Å². The van der Waals surface area contributed by atoms with Crippen LogP contribution >= 0.6 is 31.9 Å².